The monoisotopic (exact) mass is 335 g/mol. The van der Waals surface area contributed by atoms with Gasteiger partial charge in [-0.3, -0.25) is 5.10 Å². The summed E-state index contributed by atoms with van der Waals surface area (Å²) in [7, 11) is 0. The van der Waals surface area contributed by atoms with Gasteiger partial charge in [-0.15, -0.1) is 10.2 Å². The molecule has 0 aliphatic heterocycles. The number of nitrogens with zero attached hydrogens (tertiary/aromatic N) is 6. The number of hydrogen-bond donors (Lipinski definition) is 1. The first-order chi connectivity index (χ1) is 12.3. The predicted octanol–water partition coefficient (Wildman–Crippen LogP) is 2.24. The van der Waals surface area contributed by atoms with Crippen LogP contribution in [0.4, 0.5) is 4.39 Å². The maximum atomic E-state index is 13.0. The van der Waals surface area contributed by atoms with Crippen molar-refractivity contribution in [1.82, 2.24) is 35.4 Å². The van der Waals surface area contributed by atoms with E-state index in [1.54, 1.807) is 12.1 Å². The third-order valence-electron chi connectivity index (χ3n) is 3.63. The molecule has 2 heterocycles. The van der Waals surface area contributed by atoms with Gasteiger partial charge in [0.2, 0.25) is 5.82 Å². The molecule has 25 heavy (non-hydrogen) atoms. The molecule has 0 aliphatic carbocycles. The van der Waals surface area contributed by atoms with Gasteiger partial charge in [-0.2, -0.15) is 9.90 Å². The molecule has 124 valence electrons. The summed E-state index contributed by atoms with van der Waals surface area (Å²) in [6, 6.07) is 16.0. The normalized spacial score (nSPS) is 10.9. The molecular formula is C17H14FN7. The lowest BCUT2D eigenvalue weighted by Crippen LogP contribution is -2.05. The molecule has 0 fully saturated rings. The molecule has 1 N–H and O–H groups in total. The predicted molar refractivity (Wildman–Crippen MR) is 87.9 cm³/mol. The summed E-state index contributed by atoms with van der Waals surface area (Å²) in [4.78, 5) is 5.87. The quantitative estimate of drug-likeness (QED) is 0.604. The standard InChI is InChI=1S/C17H14FN7/c18-14-8-6-13(7-9-14)17-22-24-25(23-17)11-16-19-15(20-21-16)10-12-4-2-1-3-5-12/h1-9H,10-11H2,(H,19,20,21). The highest BCUT2D eigenvalue weighted by Gasteiger charge is 2.09. The zero-order valence-electron chi connectivity index (χ0n) is 13.2. The van der Waals surface area contributed by atoms with Crippen LogP contribution in [0.1, 0.15) is 17.2 Å². The summed E-state index contributed by atoms with van der Waals surface area (Å²) >= 11 is 0. The van der Waals surface area contributed by atoms with Crippen molar-refractivity contribution in [1.29, 1.82) is 0 Å². The fourth-order valence-electron chi connectivity index (χ4n) is 2.42. The van der Waals surface area contributed by atoms with Gasteiger partial charge in [0.05, 0.1) is 0 Å². The number of hydrogen-bond acceptors (Lipinski definition) is 5. The Bertz CT molecular complexity index is 960. The molecule has 0 unspecified atom stereocenters. The third-order valence-corrected chi connectivity index (χ3v) is 3.63. The summed E-state index contributed by atoms with van der Waals surface area (Å²) in [5, 5.41) is 19.4. The van der Waals surface area contributed by atoms with E-state index in [1.165, 1.54) is 16.9 Å². The summed E-state index contributed by atoms with van der Waals surface area (Å²) in [6.07, 6.45) is 0.656. The van der Waals surface area contributed by atoms with Crippen LogP contribution in [0.15, 0.2) is 54.6 Å². The van der Waals surface area contributed by atoms with E-state index < -0.39 is 0 Å². The van der Waals surface area contributed by atoms with Crippen LogP contribution in [-0.4, -0.2) is 35.4 Å². The van der Waals surface area contributed by atoms with Crippen molar-refractivity contribution < 1.29 is 4.39 Å². The lowest BCUT2D eigenvalue weighted by Gasteiger charge is -1.95. The topological polar surface area (TPSA) is 85.2 Å². The number of tetrazole rings is 1. The minimum atomic E-state index is -0.302. The first-order valence-electron chi connectivity index (χ1n) is 7.74. The van der Waals surface area contributed by atoms with Crippen molar-refractivity contribution >= 4 is 0 Å². The van der Waals surface area contributed by atoms with E-state index in [0.29, 0.717) is 36.0 Å². The van der Waals surface area contributed by atoms with Gasteiger partial charge in [0.25, 0.3) is 0 Å². The first kappa shape index (κ1) is 15.1. The Morgan fingerprint density at radius 3 is 2.60 bits per heavy atom. The van der Waals surface area contributed by atoms with Gasteiger partial charge in [0.1, 0.15) is 18.2 Å². The molecule has 0 amide bonds. The van der Waals surface area contributed by atoms with E-state index in [9.17, 15) is 4.39 Å². The summed E-state index contributed by atoms with van der Waals surface area (Å²) in [5.74, 6) is 1.49. The Labute approximate surface area is 142 Å². The van der Waals surface area contributed by atoms with Crippen molar-refractivity contribution in [3.8, 4) is 11.4 Å². The third kappa shape index (κ3) is 3.57. The lowest BCUT2D eigenvalue weighted by atomic mass is 10.1. The summed E-state index contributed by atoms with van der Waals surface area (Å²) in [6.45, 7) is 0.329. The van der Waals surface area contributed by atoms with E-state index in [0.717, 1.165) is 5.56 Å². The van der Waals surface area contributed by atoms with Gasteiger partial charge in [0, 0.05) is 12.0 Å². The average molecular weight is 335 g/mol. The largest absolute Gasteiger partial charge is 0.261 e. The van der Waals surface area contributed by atoms with Crippen LogP contribution in [0, 0.1) is 5.82 Å². The summed E-state index contributed by atoms with van der Waals surface area (Å²) in [5.41, 5.74) is 1.85. The first-order valence-corrected chi connectivity index (χ1v) is 7.74. The maximum absolute atomic E-state index is 13.0. The van der Waals surface area contributed by atoms with Crippen LogP contribution in [0.5, 0.6) is 0 Å². The Morgan fingerprint density at radius 2 is 1.80 bits per heavy atom. The van der Waals surface area contributed by atoms with Crippen molar-refractivity contribution in [3.63, 3.8) is 0 Å². The number of halogens is 1. The average Bonchev–Trinajstić information content (AvgIpc) is 3.27. The molecule has 0 saturated carbocycles. The zero-order chi connectivity index (χ0) is 17.1. The van der Waals surface area contributed by atoms with Gasteiger partial charge in [-0.05, 0) is 35.0 Å². The number of nitrogens with one attached hydrogen (secondary N) is 1. The van der Waals surface area contributed by atoms with Crippen LogP contribution in [0.3, 0.4) is 0 Å². The van der Waals surface area contributed by atoms with Gasteiger partial charge in [-0.1, -0.05) is 30.3 Å². The van der Waals surface area contributed by atoms with Crippen molar-refractivity contribution in [3.05, 3.63) is 77.6 Å². The molecule has 7 nitrogen and oxygen atoms in total. The molecule has 0 aliphatic rings. The van der Waals surface area contributed by atoms with Gasteiger partial charge < -0.3 is 0 Å². The SMILES string of the molecule is Fc1ccc(-c2nnn(Cc3nc(Cc4ccccc4)n[nH]3)n2)cc1. The van der Waals surface area contributed by atoms with Crippen LogP contribution >= 0.6 is 0 Å². The summed E-state index contributed by atoms with van der Waals surface area (Å²) < 4.78 is 13.0. The van der Waals surface area contributed by atoms with Gasteiger partial charge in [0.15, 0.2) is 5.82 Å². The zero-order valence-corrected chi connectivity index (χ0v) is 13.2. The van der Waals surface area contributed by atoms with Crippen molar-refractivity contribution in [2.45, 2.75) is 13.0 Å². The van der Waals surface area contributed by atoms with E-state index >= 15 is 0 Å². The molecule has 0 atom stereocenters. The number of aromatic amines is 1. The highest BCUT2D eigenvalue weighted by atomic mass is 19.1. The number of benzene rings is 2. The Kier molecular flexibility index (Phi) is 3.99. The second-order valence-electron chi connectivity index (χ2n) is 5.51. The Hall–Kier alpha value is -3.42. The highest BCUT2D eigenvalue weighted by molar-refractivity contribution is 5.53. The molecule has 0 spiro atoms. The molecule has 4 aromatic rings. The maximum Gasteiger partial charge on any atom is 0.204 e. The molecular weight excluding hydrogens is 321 g/mol. The minimum absolute atomic E-state index is 0.302. The van der Waals surface area contributed by atoms with Crippen molar-refractivity contribution in [2.24, 2.45) is 0 Å². The second-order valence-corrected chi connectivity index (χ2v) is 5.51. The van der Waals surface area contributed by atoms with Crippen molar-refractivity contribution in [2.75, 3.05) is 0 Å². The highest BCUT2D eigenvalue weighted by Crippen LogP contribution is 2.14. The number of rotatable bonds is 5. The fraction of sp³-hybridized carbons (Fsp3) is 0.118. The second kappa shape index (κ2) is 6.60. The van der Waals surface area contributed by atoms with Crippen LogP contribution < -0.4 is 0 Å². The van der Waals surface area contributed by atoms with Crippen LogP contribution in [0.25, 0.3) is 11.4 Å². The van der Waals surface area contributed by atoms with Gasteiger partial charge in [-0.25, -0.2) is 9.37 Å². The van der Waals surface area contributed by atoms with Crippen LogP contribution in [0.2, 0.25) is 0 Å². The van der Waals surface area contributed by atoms with Gasteiger partial charge >= 0.3 is 0 Å². The van der Waals surface area contributed by atoms with E-state index in [-0.39, 0.29) is 5.82 Å². The molecule has 0 bridgehead atoms. The lowest BCUT2D eigenvalue weighted by molar-refractivity contribution is 0.555. The van der Waals surface area contributed by atoms with E-state index in [4.69, 9.17) is 0 Å². The molecule has 0 saturated heterocycles. The smallest absolute Gasteiger partial charge is 0.204 e. The molecule has 0 radical (unpaired) electrons. The molecule has 2 aromatic carbocycles. The van der Waals surface area contributed by atoms with E-state index in [2.05, 4.69) is 30.6 Å². The molecule has 2 aromatic heterocycles. The Morgan fingerprint density at radius 1 is 1.00 bits per heavy atom. The Balaban J connectivity index is 1.45. The number of H-pyrrole nitrogens is 1. The van der Waals surface area contributed by atoms with Crippen LogP contribution in [-0.2, 0) is 13.0 Å². The van der Waals surface area contributed by atoms with E-state index in [1.807, 2.05) is 30.3 Å². The minimum Gasteiger partial charge on any atom is -0.261 e. The number of aromatic nitrogens is 7. The fourth-order valence-corrected chi connectivity index (χ4v) is 2.42. The molecule has 4 rings (SSSR count). The molecule has 8 heteroatoms.